The molecule has 0 fully saturated rings. The molecule has 7 nitrogen and oxygen atoms in total. The summed E-state index contributed by atoms with van der Waals surface area (Å²) >= 11 is 0. The monoisotopic (exact) mass is 586 g/mol. The van der Waals surface area contributed by atoms with Crippen molar-refractivity contribution < 1.29 is 28.1 Å². The van der Waals surface area contributed by atoms with Gasteiger partial charge in [-0.3, -0.25) is 0 Å². The van der Waals surface area contributed by atoms with Gasteiger partial charge in [-0.2, -0.15) is 5.26 Å². The van der Waals surface area contributed by atoms with Crippen LogP contribution in [0.1, 0.15) is 39.9 Å². The summed E-state index contributed by atoms with van der Waals surface area (Å²) in [5.74, 6) is -0.0342. The Morgan fingerprint density at radius 1 is 0.932 bits per heavy atom. The highest BCUT2D eigenvalue weighted by molar-refractivity contribution is 6.05. The van der Waals surface area contributed by atoms with Crippen LogP contribution >= 0.6 is 0 Å². The number of carbonyl (C=O) groups is 1. The zero-order chi connectivity index (χ0) is 30.6. The van der Waals surface area contributed by atoms with Crippen molar-refractivity contribution in [3.8, 4) is 29.1 Å². The molecule has 0 radical (unpaired) electrons. The minimum atomic E-state index is -0.591. The topological polar surface area (TPSA) is 104 Å². The van der Waals surface area contributed by atoms with E-state index in [9.17, 15) is 14.4 Å². The van der Waals surface area contributed by atoms with Crippen LogP contribution < -0.4 is 24.7 Å². The summed E-state index contributed by atoms with van der Waals surface area (Å²) in [6, 6.07) is 31.9. The molecule has 44 heavy (non-hydrogen) atoms. The molecule has 1 aliphatic rings. The Hall–Kier alpha value is -5.81. The summed E-state index contributed by atoms with van der Waals surface area (Å²) in [7, 11) is 0. The number of hydrogen-bond donors (Lipinski definition) is 1. The number of fused-ring (bicyclic) bond motifs is 2. The molecular formula is C36H27FN2O5. The van der Waals surface area contributed by atoms with Gasteiger partial charge in [0.2, 0.25) is 5.88 Å². The first-order valence-electron chi connectivity index (χ1n) is 14.0. The number of carbonyl (C=O) groups excluding carboxylic acids is 1. The number of halogens is 1. The smallest absolute Gasteiger partial charge is 0.344 e. The van der Waals surface area contributed by atoms with E-state index in [1.807, 2.05) is 37.3 Å². The molecule has 2 N–H and O–H groups in total. The minimum absolute atomic E-state index is 0.0166. The maximum absolute atomic E-state index is 14.2. The van der Waals surface area contributed by atoms with Crippen molar-refractivity contribution in [1.29, 1.82) is 5.26 Å². The van der Waals surface area contributed by atoms with Crippen molar-refractivity contribution in [3.05, 3.63) is 143 Å². The first kappa shape index (κ1) is 28.3. The fourth-order valence-corrected chi connectivity index (χ4v) is 5.27. The van der Waals surface area contributed by atoms with Crippen LogP contribution in [0.25, 0.3) is 10.8 Å². The number of nitrogens with two attached hydrogens (primary N) is 1. The van der Waals surface area contributed by atoms with E-state index in [1.165, 1.54) is 6.07 Å². The van der Waals surface area contributed by atoms with Crippen molar-refractivity contribution in [2.75, 3.05) is 6.61 Å². The molecule has 8 heteroatoms. The van der Waals surface area contributed by atoms with Crippen LogP contribution in [0.4, 0.5) is 4.39 Å². The SMILES string of the molecule is CCOc1cc(C2C(C#N)=C(N)Oc3cc(OC(=O)c4cccc5ccccc45)ccc32)ccc1OCc1ccccc1F. The largest absolute Gasteiger partial charge is 0.490 e. The third-order valence-electron chi connectivity index (χ3n) is 7.35. The molecule has 0 amide bonds. The Morgan fingerprint density at radius 2 is 1.73 bits per heavy atom. The van der Waals surface area contributed by atoms with E-state index in [2.05, 4.69) is 6.07 Å². The van der Waals surface area contributed by atoms with Gasteiger partial charge in [0.05, 0.1) is 18.1 Å². The molecule has 218 valence electrons. The molecule has 5 aromatic rings. The van der Waals surface area contributed by atoms with Crippen LogP contribution in [0, 0.1) is 17.1 Å². The number of nitriles is 1. The Bertz CT molecular complexity index is 1960. The summed E-state index contributed by atoms with van der Waals surface area (Å²) in [6.07, 6.45) is 0. The van der Waals surface area contributed by atoms with E-state index < -0.39 is 11.9 Å². The summed E-state index contributed by atoms with van der Waals surface area (Å²) in [4.78, 5) is 13.2. The molecule has 0 aliphatic carbocycles. The van der Waals surface area contributed by atoms with E-state index in [0.29, 0.717) is 46.1 Å². The Kier molecular flexibility index (Phi) is 7.85. The maximum atomic E-state index is 14.2. The van der Waals surface area contributed by atoms with Crippen LogP contribution in [0.5, 0.6) is 23.0 Å². The van der Waals surface area contributed by atoms with Gasteiger partial charge >= 0.3 is 5.97 Å². The van der Waals surface area contributed by atoms with Gasteiger partial charge in [0, 0.05) is 17.2 Å². The van der Waals surface area contributed by atoms with E-state index in [0.717, 1.165) is 10.8 Å². The lowest BCUT2D eigenvalue weighted by Gasteiger charge is -2.27. The summed E-state index contributed by atoms with van der Waals surface area (Å²) in [5.41, 5.74) is 8.66. The molecule has 0 aromatic heterocycles. The van der Waals surface area contributed by atoms with E-state index >= 15 is 0 Å². The van der Waals surface area contributed by atoms with E-state index in [4.69, 9.17) is 24.7 Å². The first-order chi connectivity index (χ1) is 21.5. The number of nitrogens with zero attached hydrogens (tertiary/aromatic N) is 1. The molecule has 6 rings (SSSR count). The third-order valence-corrected chi connectivity index (χ3v) is 7.35. The first-order valence-corrected chi connectivity index (χ1v) is 14.0. The molecule has 1 aliphatic heterocycles. The van der Waals surface area contributed by atoms with E-state index in [1.54, 1.807) is 66.7 Å². The van der Waals surface area contributed by atoms with Crippen molar-refractivity contribution in [2.24, 2.45) is 5.73 Å². The average Bonchev–Trinajstić information content (AvgIpc) is 3.04. The van der Waals surface area contributed by atoms with Gasteiger partial charge < -0.3 is 24.7 Å². The second kappa shape index (κ2) is 12.2. The number of rotatable bonds is 8. The summed E-state index contributed by atoms with van der Waals surface area (Å²) in [6.45, 7) is 2.22. The fraction of sp³-hybridized carbons (Fsp3) is 0.111. The molecule has 0 saturated carbocycles. The van der Waals surface area contributed by atoms with Gasteiger partial charge in [0.1, 0.15) is 35.6 Å². The zero-order valence-electron chi connectivity index (χ0n) is 23.8. The lowest BCUT2D eigenvalue weighted by molar-refractivity contribution is 0.0736. The van der Waals surface area contributed by atoms with Gasteiger partial charge in [-0.15, -0.1) is 0 Å². The van der Waals surface area contributed by atoms with Crippen molar-refractivity contribution in [3.63, 3.8) is 0 Å². The lowest BCUT2D eigenvalue weighted by Crippen LogP contribution is -2.21. The molecule has 0 spiro atoms. The number of benzene rings is 5. The molecule has 1 atom stereocenters. The van der Waals surface area contributed by atoms with Crippen molar-refractivity contribution >= 4 is 16.7 Å². The van der Waals surface area contributed by atoms with E-state index in [-0.39, 0.29) is 29.6 Å². The van der Waals surface area contributed by atoms with Crippen LogP contribution in [0.15, 0.2) is 115 Å². The maximum Gasteiger partial charge on any atom is 0.344 e. The van der Waals surface area contributed by atoms with Crippen LogP contribution in [-0.2, 0) is 6.61 Å². The van der Waals surface area contributed by atoms with Crippen LogP contribution in [0.3, 0.4) is 0 Å². The number of allylic oxidation sites excluding steroid dienone is 1. The fourth-order valence-electron chi connectivity index (χ4n) is 5.27. The van der Waals surface area contributed by atoms with Gasteiger partial charge in [-0.25, -0.2) is 9.18 Å². The predicted molar refractivity (Wildman–Crippen MR) is 163 cm³/mol. The normalized spacial score (nSPS) is 13.9. The van der Waals surface area contributed by atoms with Gasteiger partial charge in [0.15, 0.2) is 11.5 Å². The van der Waals surface area contributed by atoms with Gasteiger partial charge in [0.25, 0.3) is 0 Å². The molecule has 1 heterocycles. The molecule has 1 unspecified atom stereocenters. The van der Waals surface area contributed by atoms with Crippen LogP contribution in [-0.4, -0.2) is 12.6 Å². The molecule has 0 bridgehead atoms. The highest BCUT2D eigenvalue weighted by Crippen LogP contribution is 2.45. The minimum Gasteiger partial charge on any atom is -0.490 e. The van der Waals surface area contributed by atoms with Gasteiger partial charge in [-0.1, -0.05) is 66.7 Å². The quantitative estimate of drug-likeness (QED) is 0.149. The summed E-state index contributed by atoms with van der Waals surface area (Å²) < 4.78 is 37.5. The lowest BCUT2D eigenvalue weighted by atomic mass is 9.83. The molecular weight excluding hydrogens is 559 g/mol. The third kappa shape index (κ3) is 5.51. The Balaban J connectivity index is 1.31. The second-order valence-electron chi connectivity index (χ2n) is 10.1. The highest BCUT2D eigenvalue weighted by Gasteiger charge is 2.32. The number of esters is 1. The number of ether oxygens (including phenoxy) is 4. The van der Waals surface area contributed by atoms with Crippen LogP contribution in [0.2, 0.25) is 0 Å². The molecule has 0 saturated heterocycles. The zero-order valence-corrected chi connectivity index (χ0v) is 23.8. The van der Waals surface area contributed by atoms with Crippen molar-refractivity contribution in [2.45, 2.75) is 19.4 Å². The second-order valence-corrected chi connectivity index (χ2v) is 10.1. The predicted octanol–water partition coefficient (Wildman–Crippen LogP) is 7.39. The summed E-state index contributed by atoms with van der Waals surface area (Å²) in [5, 5.41) is 11.8. The Labute approximate surface area is 253 Å². The number of hydrogen-bond acceptors (Lipinski definition) is 7. The average molecular weight is 587 g/mol. The Morgan fingerprint density at radius 3 is 2.55 bits per heavy atom. The molecule has 5 aromatic carbocycles. The highest BCUT2D eigenvalue weighted by atomic mass is 19.1. The standard InChI is InChI=1S/C36H27FN2O5/c1-2-41-33-18-23(14-17-31(33)42-21-24-9-4-6-13-30(24)37)34-28-16-15-25(19-32(28)44-35(39)29(34)20-38)43-36(40)27-12-7-10-22-8-3-5-11-26(22)27/h3-19,34H,2,21,39H2,1H3. The van der Waals surface area contributed by atoms with Gasteiger partial charge in [-0.05, 0) is 53.6 Å². The van der Waals surface area contributed by atoms with Crippen molar-refractivity contribution in [1.82, 2.24) is 0 Å².